The summed E-state index contributed by atoms with van der Waals surface area (Å²) in [6, 6.07) is 21.2. The van der Waals surface area contributed by atoms with Crippen molar-refractivity contribution in [3.63, 3.8) is 0 Å². The summed E-state index contributed by atoms with van der Waals surface area (Å²) in [5.41, 5.74) is 1.07. The van der Waals surface area contributed by atoms with Gasteiger partial charge >= 0.3 is 6.03 Å². The average molecular weight is 432 g/mol. The molecule has 0 bridgehead atoms. The zero-order valence-electron chi connectivity index (χ0n) is 17.3. The maximum absolute atomic E-state index is 13.3. The quantitative estimate of drug-likeness (QED) is 0.514. The fourth-order valence-corrected chi connectivity index (χ4v) is 3.53. The third-order valence-corrected chi connectivity index (χ3v) is 5.25. The Morgan fingerprint density at radius 1 is 0.938 bits per heavy atom. The van der Waals surface area contributed by atoms with Crippen LogP contribution in [0, 0.1) is 5.82 Å². The number of amides is 4. The van der Waals surface area contributed by atoms with Gasteiger partial charge in [-0.1, -0.05) is 42.5 Å². The first kappa shape index (κ1) is 21.0. The van der Waals surface area contributed by atoms with E-state index in [2.05, 4.69) is 16.0 Å². The lowest BCUT2D eigenvalue weighted by Crippen LogP contribution is -2.42. The van der Waals surface area contributed by atoms with Gasteiger partial charge in [0.15, 0.2) is 0 Å². The fourth-order valence-electron chi connectivity index (χ4n) is 3.53. The van der Waals surface area contributed by atoms with E-state index in [0.717, 1.165) is 10.6 Å². The third-order valence-electron chi connectivity index (χ3n) is 5.25. The van der Waals surface area contributed by atoms with Crippen molar-refractivity contribution in [3.05, 3.63) is 90.2 Å². The van der Waals surface area contributed by atoms with Gasteiger partial charge < -0.3 is 16.0 Å². The third kappa shape index (κ3) is 4.15. The van der Waals surface area contributed by atoms with E-state index in [1.807, 2.05) is 42.5 Å². The second kappa shape index (κ2) is 8.50. The molecule has 3 aromatic rings. The summed E-state index contributed by atoms with van der Waals surface area (Å²) in [5.74, 6) is -1.56. The highest BCUT2D eigenvalue weighted by Gasteiger charge is 2.49. The topological polar surface area (TPSA) is 90.5 Å². The Hall–Kier alpha value is -4.20. The molecule has 32 heavy (non-hydrogen) atoms. The first-order chi connectivity index (χ1) is 15.4. The van der Waals surface area contributed by atoms with Gasteiger partial charge in [-0.15, -0.1) is 0 Å². The molecule has 0 aliphatic carbocycles. The lowest BCUT2D eigenvalue weighted by atomic mass is 9.92. The predicted molar refractivity (Wildman–Crippen MR) is 119 cm³/mol. The Kier molecular flexibility index (Phi) is 5.59. The standard InChI is InChI=1S/C24H21FN4O3/c1-24(16-11-13-17(25)14-12-16)22(31)29(23(32)28-24)15-21(30)27-20-10-6-5-9-19(20)26-18-7-3-2-4-8-18/h2-14,26H,15H2,1H3,(H,27,30)(H,28,32). The first-order valence-electron chi connectivity index (χ1n) is 9.98. The van der Waals surface area contributed by atoms with E-state index in [1.54, 1.807) is 12.1 Å². The van der Waals surface area contributed by atoms with Gasteiger partial charge in [-0.2, -0.15) is 0 Å². The van der Waals surface area contributed by atoms with E-state index in [1.165, 1.54) is 31.2 Å². The molecule has 4 rings (SSSR count). The Balaban J connectivity index is 1.47. The predicted octanol–water partition coefficient (Wildman–Crippen LogP) is 3.98. The first-order valence-corrected chi connectivity index (χ1v) is 9.98. The Morgan fingerprint density at radius 3 is 2.25 bits per heavy atom. The monoisotopic (exact) mass is 432 g/mol. The molecule has 1 aliphatic rings. The van der Waals surface area contributed by atoms with Gasteiger partial charge in [-0.25, -0.2) is 9.18 Å². The number of urea groups is 1. The van der Waals surface area contributed by atoms with Crippen molar-refractivity contribution >= 4 is 34.9 Å². The molecule has 1 saturated heterocycles. The van der Waals surface area contributed by atoms with Crippen LogP contribution in [0.4, 0.5) is 26.2 Å². The normalized spacial score (nSPS) is 17.8. The van der Waals surface area contributed by atoms with Crippen LogP contribution in [0.15, 0.2) is 78.9 Å². The SMILES string of the molecule is CC1(c2ccc(F)cc2)NC(=O)N(CC(=O)Nc2ccccc2Nc2ccccc2)C1=O. The molecular formula is C24H21FN4O3. The minimum Gasteiger partial charge on any atom is -0.354 e. The number of halogens is 1. The van der Waals surface area contributed by atoms with Crippen LogP contribution in [-0.4, -0.2) is 29.3 Å². The van der Waals surface area contributed by atoms with E-state index in [0.29, 0.717) is 16.9 Å². The minimum absolute atomic E-state index is 0.428. The second-order valence-corrected chi connectivity index (χ2v) is 7.54. The summed E-state index contributed by atoms with van der Waals surface area (Å²) in [6.45, 7) is 1.07. The maximum atomic E-state index is 13.3. The molecule has 0 saturated carbocycles. The number of nitrogens with zero attached hydrogens (tertiary/aromatic N) is 1. The number of anilines is 3. The van der Waals surface area contributed by atoms with Crippen LogP contribution in [0.25, 0.3) is 0 Å². The number of carbonyl (C=O) groups excluding carboxylic acids is 3. The molecule has 1 fully saturated rings. The highest BCUT2D eigenvalue weighted by molar-refractivity contribution is 6.10. The molecule has 8 heteroatoms. The minimum atomic E-state index is -1.38. The van der Waals surface area contributed by atoms with Crippen LogP contribution >= 0.6 is 0 Å². The van der Waals surface area contributed by atoms with Crippen LogP contribution in [-0.2, 0) is 15.1 Å². The number of imide groups is 1. The molecule has 1 unspecified atom stereocenters. The largest absolute Gasteiger partial charge is 0.354 e. The van der Waals surface area contributed by atoms with Crippen molar-refractivity contribution in [3.8, 4) is 0 Å². The van der Waals surface area contributed by atoms with Crippen molar-refractivity contribution in [1.29, 1.82) is 0 Å². The van der Waals surface area contributed by atoms with Crippen LogP contribution in [0.1, 0.15) is 12.5 Å². The average Bonchev–Trinajstić information content (AvgIpc) is 3.00. The zero-order chi connectivity index (χ0) is 22.7. The summed E-state index contributed by atoms with van der Waals surface area (Å²) < 4.78 is 13.3. The van der Waals surface area contributed by atoms with Crippen LogP contribution in [0.3, 0.4) is 0 Å². The van der Waals surface area contributed by atoms with Crippen molar-refractivity contribution in [2.24, 2.45) is 0 Å². The summed E-state index contributed by atoms with van der Waals surface area (Å²) in [6.07, 6.45) is 0. The summed E-state index contributed by atoms with van der Waals surface area (Å²) >= 11 is 0. The van der Waals surface area contributed by atoms with E-state index >= 15 is 0 Å². The number of nitrogens with one attached hydrogen (secondary N) is 3. The lowest BCUT2D eigenvalue weighted by Gasteiger charge is -2.22. The number of rotatable bonds is 6. The van der Waals surface area contributed by atoms with Crippen molar-refractivity contribution in [2.75, 3.05) is 17.2 Å². The van der Waals surface area contributed by atoms with Gasteiger partial charge in [0.05, 0.1) is 11.4 Å². The highest BCUT2D eigenvalue weighted by Crippen LogP contribution is 2.29. The van der Waals surface area contributed by atoms with Crippen LogP contribution in [0.2, 0.25) is 0 Å². The van der Waals surface area contributed by atoms with E-state index in [-0.39, 0.29) is 0 Å². The molecule has 4 amide bonds. The van der Waals surface area contributed by atoms with Crippen molar-refractivity contribution in [2.45, 2.75) is 12.5 Å². The molecular weight excluding hydrogens is 411 g/mol. The van der Waals surface area contributed by atoms with Crippen molar-refractivity contribution < 1.29 is 18.8 Å². The molecule has 0 radical (unpaired) electrons. The summed E-state index contributed by atoms with van der Waals surface area (Å²) in [4.78, 5) is 39.0. The number of hydrogen-bond donors (Lipinski definition) is 3. The number of benzene rings is 3. The Bertz CT molecular complexity index is 1170. The van der Waals surface area contributed by atoms with Gasteiger partial charge in [-0.3, -0.25) is 14.5 Å². The molecule has 1 aliphatic heterocycles. The van der Waals surface area contributed by atoms with E-state index in [9.17, 15) is 18.8 Å². The molecule has 1 heterocycles. The smallest absolute Gasteiger partial charge is 0.325 e. The van der Waals surface area contributed by atoms with Gasteiger partial charge in [0.25, 0.3) is 5.91 Å². The number of carbonyl (C=O) groups is 3. The number of para-hydroxylation sites is 3. The van der Waals surface area contributed by atoms with E-state index < -0.39 is 35.7 Å². The highest BCUT2D eigenvalue weighted by atomic mass is 19.1. The second-order valence-electron chi connectivity index (χ2n) is 7.54. The van der Waals surface area contributed by atoms with Crippen LogP contribution < -0.4 is 16.0 Å². The lowest BCUT2D eigenvalue weighted by molar-refractivity contribution is -0.133. The molecule has 0 spiro atoms. The molecule has 0 aromatic heterocycles. The maximum Gasteiger partial charge on any atom is 0.325 e. The van der Waals surface area contributed by atoms with Crippen LogP contribution in [0.5, 0.6) is 0 Å². The molecule has 3 aromatic carbocycles. The molecule has 162 valence electrons. The zero-order valence-corrected chi connectivity index (χ0v) is 17.3. The summed E-state index contributed by atoms with van der Waals surface area (Å²) in [5, 5.41) is 8.57. The van der Waals surface area contributed by atoms with Gasteiger partial charge in [0.1, 0.15) is 17.9 Å². The Labute approximate surface area is 184 Å². The fraction of sp³-hybridized carbons (Fsp3) is 0.125. The van der Waals surface area contributed by atoms with Gasteiger partial charge in [-0.05, 0) is 48.9 Å². The van der Waals surface area contributed by atoms with Gasteiger partial charge in [0, 0.05) is 5.69 Å². The molecule has 3 N–H and O–H groups in total. The number of hydrogen-bond acceptors (Lipinski definition) is 4. The van der Waals surface area contributed by atoms with E-state index in [4.69, 9.17) is 0 Å². The molecule has 7 nitrogen and oxygen atoms in total. The van der Waals surface area contributed by atoms with Crippen molar-refractivity contribution in [1.82, 2.24) is 10.2 Å². The molecule has 1 atom stereocenters. The summed E-state index contributed by atoms with van der Waals surface area (Å²) in [7, 11) is 0. The Morgan fingerprint density at radius 2 is 1.56 bits per heavy atom. The van der Waals surface area contributed by atoms with Gasteiger partial charge in [0.2, 0.25) is 5.91 Å².